The second-order valence-electron chi connectivity index (χ2n) is 4.37. The summed E-state index contributed by atoms with van der Waals surface area (Å²) in [6.45, 7) is 3.94. The highest BCUT2D eigenvalue weighted by Crippen LogP contribution is 2.46. The lowest BCUT2D eigenvalue weighted by molar-refractivity contribution is -0.151. The quantitative estimate of drug-likeness (QED) is 0.527. The third-order valence-electron chi connectivity index (χ3n) is 2.89. The average molecular weight is 270 g/mol. The second kappa shape index (κ2) is 4.65. The van der Waals surface area contributed by atoms with Gasteiger partial charge in [0.05, 0.1) is 0 Å². The zero-order valence-electron chi connectivity index (χ0n) is 10.8. The minimum atomic E-state index is -1.26. The third-order valence-corrected chi connectivity index (χ3v) is 2.89. The van der Waals surface area contributed by atoms with E-state index in [9.17, 15) is 14.4 Å². The van der Waals surface area contributed by atoms with E-state index in [1.54, 1.807) is 6.92 Å². The van der Waals surface area contributed by atoms with Crippen molar-refractivity contribution >= 4 is 17.7 Å². The Labute approximate surface area is 109 Å². The molecule has 0 radical (unpaired) electrons. The predicted molar refractivity (Wildman–Crippen MR) is 59.6 cm³/mol. The van der Waals surface area contributed by atoms with Crippen molar-refractivity contribution in [3.8, 4) is 0 Å². The van der Waals surface area contributed by atoms with Crippen LogP contribution in [-0.2, 0) is 33.3 Å². The summed E-state index contributed by atoms with van der Waals surface area (Å²) in [5.41, 5.74) is -1.26. The molecule has 0 aliphatic carbocycles. The van der Waals surface area contributed by atoms with E-state index in [0.29, 0.717) is 0 Å². The van der Waals surface area contributed by atoms with Gasteiger partial charge in [-0.1, -0.05) is 0 Å². The van der Waals surface area contributed by atoms with Gasteiger partial charge in [0.25, 0.3) is 0 Å². The molecule has 2 aliphatic heterocycles. The van der Waals surface area contributed by atoms with Crippen LogP contribution in [0.1, 0.15) is 20.8 Å². The molecule has 3 atom stereocenters. The van der Waals surface area contributed by atoms with E-state index in [1.165, 1.54) is 19.9 Å². The SMILES string of the molecule is CC(=O)OCC1=CC(=O)C2(C(C)OC(C)=O)OC2O1. The topological polar surface area (TPSA) is 91.4 Å². The maximum absolute atomic E-state index is 12.0. The molecule has 2 rings (SSSR count). The fraction of sp³-hybridized carbons (Fsp3) is 0.583. The predicted octanol–water partition coefficient (Wildman–Crippen LogP) is 0.0794. The summed E-state index contributed by atoms with van der Waals surface area (Å²) in [4.78, 5) is 33.6. The first-order valence-electron chi connectivity index (χ1n) is 5.76. The Bertz CT molecular complexity index is 467. The molecule has 2 aliphatic rings. The largest absolute Gasteiger partial charge is 0.462 e. The number of ether oxygens (including phenoxy) is 4. The van der Waals surface area contributed by atoms with Gasteiger partial charge in [-0.3, -0.25) is 14.4 Å². The van der Waals surface area contributed by atoms with Crippen molar-refractivity contribution in [3.05, 3.63) is 11.8 Å². The highest BCUT2D eigenvalue weighted by molar-refractivity contribution is 6.01. The van der Waals surface area contributed by atoms with Crippen LogP contribution in [0.2, 0.25) is 0 Å². The van der Waals surface area contributed by atoms with E-state index < -0.39 is 29.9 Å². The molecule has 7 heteroatoms. The van der Waals surface area contributed by atoms with Gasteiger partial charge in [-0.15, -0.1) is 0 Å². The average Bonchev–Trinajstić information content (AvgIpc) is 3.01. The number of epoxide rings is 1. The molecular weight excluding hydrogens is 256 g/mol. The zero-order chi connectivity index (χ0) is 14.2. The number of fused-ring (bicyclic) bond motifs is 1. The summed E-state index contributed by atoms with van der Waals surface area (Å²) in [5, 5.41) is 0. The minimum absolute atomic E-state index is 0.126. The molecule has 19 heavy (non-hydrogen) atoms. The van der Waals surface area contributed by atoms with Gasteiger partial charge in [0.2, 0.25) is 17.7 Å². The molecule has 0 aromatic heterocycles. The summed E-state index contributed by atoms with van der Waals surface area (Å²) in [5.74, 6) is -1.12. The lowest BCUT2D eigenvalue weighted by atomic mass is 9.95. The Morgan fingerprint density at radius 2 is 2.11 bits per heavy atom. The molecule has 1 fully saturated rings. The highest BCUT2D eigenvalue weighted by atomic mass is 16.8. The molecule has 1 saturated heterocycles. The van der Waals surface area contributed by atoms with E-state index in [1.807, 2.05) is 0 Å². The fourth-order valence-corrected chi connectivity index (χ4v) is 1.93. The summed E-state index contributed by atoms with van der Waals surface area (Å²) in [7, 11) is 0. The maximum atomic E-state index is 12.0. The molecule has 0 amide bonds. The van der Waals surface area contributed by atoms with Crippen molar-refractivity contribution in [3.63, 3.8) is 0 Å². The summed E-state index contributed by atoms with van der Waals surface area (Å²) < 4.78 is 20.3. The number of carbonyl (C=O) groups excluding carboxylic acids is 3. The minimum Gasteiger partial charge on any atom is -0.462 e. The number of hydrogen-bond acceptors (Lipinski definition) is 7. The summed E-state index contributed by atoms with van der Waals surface area (Å²) in [6, 6.07) is 0. The van der Waals surface area contributed by atoms with Gasteiger partial charge >= 0.3 is 11.9 Å². The number of ketones is 1. The van der Waals surface area contributed by atoms with Crippen LogP contribution in [0.3, 0.4) is 0 Å². The van der Waals surface area contributed by atoms with E-state index >= 15 is 0 Å². The Morgan fingerprint density at radius 1 is 1.42 bits per heavy atom. The first-order chi connectivity index (χ1) is 8.86. The van der Waals surface area contributed by atoms with E-state index in [2.05, 4.69) is 0 Å². The second-order valence-corrected chi connectivity index (χ2v) is 4.37. The highest BCUT2D eigenvalue weighted by Gasteiger charge is 2.70. The molecule has 0 aromatic carbocycles. The maximum Gasteiger partial charge on any atom is 0.303 e. The Balaban J connectivity index is 2.04. The van der Waals surface area contributed by atoms with Crippen molar-refractivity contribution in [2.45, 2.75) is 38.8 Å². The summed E-state index contributed by atoms with van der Waals surface area (Å²) in [6.07, 6.45) is -0.342. The van der Waals surface area contributed by atoms with Crippen LogP contribution < -0.4 is 0 Å². The molecule has 7 nitrogen and oxygen atoms in total. The van der Waals surface area contributed by atoms with Gasteiger partial charge in [0, 0.05) is 19.9 Å². The van der Waals surface area contributed by atoms with Crippen LogP contribution in [0.5, 0.6) is 0 Å². The van der Waals surface area contributed by atoms with Crippen LogP contribution >= 0.6 is 0 Å². The Morgan fingerprint density at radius 3 is 2.63 bits per heavy atom. The van der Waals surface area contributed by atoms with E-state index in [0.717, 1.165) is 0 Å². The molecule has 0 saturated carbocycles. The molecule has 0 spiro atoms. The lowest BCUT2D eigenvalue weighted by Gasteiger charge is -2.21. The van der Waals surface area contributed by atoms with Gasteiger partial charge in [0.1, 0.15) is 18.5 Å². The standard InChI is InChI=1S/C12H14O7/c1-6(17-8(3)14)12-10(15)4-9(5-16-7(2)13)18-11(12)19-12/h4,6,11H,5H2,1-3H3. The van der Waals surface area contributed by atoms with E-state index in [4.69, 9.17) is 18.9 Å². The molecule has 104 valence electrons. The first kappa shape index (κ1) is 13.5. The smallest absolute Gasteiger partial charge is 0.303 e. The van der Waals surface area contributed by atoms with Crippen molar-refractivity contribution in [2.75, 3.05) is 6.61 Å². The van der Waals surface area contributed by atoms with Crippen molar-refractivity contribution in [1.29, 1.82) is 0 Å². The van der Waals surface area contributed by atoms with Gasteiger partial charge in [-0.25, -0.2) is 0 Å². The van der Waals surface area contributed by atoms with Crippen molar-refractivity contribution < 1.29 is 33.3 Å². The van der Waals surface area contributed by atoms with Crippen LogP contribution in [0.15, 0.2) is 11.8 Å². The van der Waals surface area contributed by atoms with Crippen molar-refractivity contribution in [2.24, 2.45) is 0 Å². The molecule has 2 heterocycles. The number of esters is 2. The molecule has 3 unspecified atom stereocenters. The molecule has 0 N–H and O–H groups in total. The van der Waals surface area contributed by atoms with Crippen LogP contribution in [0, 0.1) is 0 Å². The van der Waals surface area contributed by atoms with Gasteiger partial charge < -0.3 is 18.9 Å². The Hall–Kier alpha value is -1.89. The number of carbonyl (C=O) groups is 3. The van der Waals surface area contributed by atoms with Crippen LogP contribution in [0.4, 0.5) is 0 Å². The monoisotopic (exact) mass is 270 g/mol. The van der Waals surface area contributed by atoms with E-state index in [-0.39, 0.29) is 18.1 Å². The van der Waals surface area contributed by atoms with Crippen LogP contribution in [0.25, 0.3) is 0 Å². The van der Waals surface area contributed by atoms with Crippen molar-refractivity contribution in [1.82, 2.24) is 0 Å². The van der Waals surface area contributed by atoms with Gasteiger partial charge in [-0.2, -0.15) is 0 Å². The Kier molecular flexibility index (Phi) is 3.32. The molecule has 0 aromatic rings. The normalized spacial score (nSPS) is 29.5. The van der Waals surface area contributed by atoms with Crippen LogP contribution in [-0.4, -0.2) is 42.3 Å². The molecule has 0 bridgehead atoms. The number of hydrogen-bond donors (Lipinski definition) is 0. The van der Waals surface area contributed by atoms with Gasteiger partial charge in [-0.05, 0) is 6.92 Å². The fourth-order valence-electron chi connectivity index (χ4n) is 1.93. The lowest BCUT2D eigenvalue weighted by Crippen LogP contribution is -2.43. The zero-order valence-corrected chi connectivity index (χ0v) is 10.8. The first-order valence-corrected chi connectivity index (χ1v) is 5.76. The van der Waals surface area contributed by atoms with Gasteiger partial charge in [0.15, 0.2) is 0 Å². The summed E-state index contributed by atoms with van der Waals surface area (Å²) >= 11 is 0. The number of rotatable bonds is 4. The third kappa shape index (κ3) is 2.46. The molecular formula is C12H14O7.